The molecule has 0 heterocycles. The summed E-state index contributed by atoms with van der Waals surface area (Å²) in [5.74, 6) is 1.42. The molecule has 1 aliphatic rings. The highest BCUT2D eigenvalue weighted by atomic mass is 15.2. The lowest BCUT2D eigenvalue weighted by atomic mass is 9.68. The van der Waals surface area contributed by atoms with E-state index in [0.717, 1.165) is 18.9 Å². The molecule has 0 bridgehead atoms. The first-order valence-electron chi connectivity index (χ1n) is 8.06. The van der Waals surface area contributed by atoms with Crippen molar-refractivity contribution < 1.29 is 0 Å². The highest BCUT2D eigenvalue weighted by Crippen LogP contribution is 2.41. The Morgan fingerprint density at radius 2 is 1.85 bits per heavy atom. The Kier molecular flexibility index (Phi) is 4.74. The molecule has 0 saturated heterocycles. The number of aryl methyl sites for hydroxylation is 1. The van der Waals surface area contributed by atoms with Gasteiger partial charge in [-0.3, -0.25) is 0 Å². The Labute approximate surface area is 124 Å². The Bertz CT molecular complexity index is 426. The minimum absolute atomic E-state index is 0.116. The average molecular weight is 274 g/mol. The summed E-state index contributed by atoms with van der Waals surface area (Å²) in [5.41, 5.74) is 9.06. The number of nitrogens with two attached hydrogens (primary N) is 1. The molecule has 0 aromatic heterocycles. The first kappa shape index (κ1) is 15.4. The zero-order valence-electron chi connectivity index (χ0n) is 13.5. The summed E-state index contributed by atoms with van der Waals surface area (Å²) in [7, 11) is 2.22. The molecule has 0 radical (unpaired) electrons. The van der Waals surface area contributed by atoms with Crippen LogP contribution >= 0.6 is 0 Å². The van der Waals surface area contributed by atoms with Crippen LogP contribution in [0.25, 0.3) is 0 Å². The lowest BCUT2D eigenvalue weighted by Crippen LogP contribution is -2.59. The minimum atomic E-state index is 0.116. The molecule has 0 amide bonds. The molecule has 2 heteroatoms. The lowest BCUT2D eigenvalue weighted by molar-refractivity contribution is 0.162. The van der Waals surface area contributed by atoms with Crippen LogP contribution < -0.4 is 10.6 Å². The van der Waals surface area contributed by atoms with Crippen LogP contribution in [0.1, 0.15) is 45.6 Å². The number of benzene rings is 1. The summed E-state index contributed by atoms with van der Waals surface area (Å²) in [6.45, 7) is 7.68. The molecule has 1 aromatic carbocycles. The molecular weight excluding hydrogens is 244 g/mol. The van der Waals surface area contributed by atoms with E-state index >= 15 is 0 Å². The van der Waals surface area contributed by atoms with Crippen LogP contribution in [0.3, 0.4) is 0 Å². The maximum Gasteiger partial charge on any atom is 0.0548 e. The van der Waals surface area contributed by atoms with E-state index in [-0.39, 0.29) is 5.54 Å². The van der Waals surface area contributed by atoms with Crippen molar-refractivity contribution in [3.05, 3.63) is 29.8 Å². The summed E-state index contributed by atoms with van der Waals surface area (Å²) in [4.78, 5) is 2.45. The smallest absolute Gasteiger partial charge is 0.0548 e. The molecule has 1 saturated carbocycles. The largest absolute Gasteiger partial charge is 0.367 e. The third-order valence-electron chi connectivity index (χ3n) is 5.47. The summed E-state index contributed by atoms with van der Waals surface area (Å²) in [5, 5.41) is 0. The number of nitrogens with zero attached hydrogens (tertiary/aromatic N) is 1. The van der Waals surface area contributed by atoms with Crippen LogP contribution in [0.5, 0.6) is 0 Å². The van der Waals surface area contributed by atoms with Crippen molar-refractivity contribution in [2.24, 2.45) is 17.6 Å². The predicted octanol–water partition coefficient (Wildman–Crippen LogP) is 3.84. The van der Waals surface area contributed by atoms with E-state index in [1.807, 2.05) is 0 Å². The molecule has 3 unspecified atom stereocenters. The van der Waals surface area contributed by atoms with Gasteiger partial charge in [-0.05, 0) is 48.8 Å². The van der Waals surface area contributed by atoms with Crippen molar-refractivity contribution in [1.82, 2.24) is 0 Å². The highest BCUT2D eigenvalue weighted by molar-refractivity contribution is 5.50. The third-order valence-corrected chi connectivity index (χ3v) is 5.47. The molecule has 3 atom stereocenters. The molecular formula is C18H30N2. The van der Waals surface area contributed by atoms with E-state index < -0.39 is 0 Å². The molecule has 112 valence electrons. The van der Waals surface area contributed by atoms with Gasteiger partial charge in [0.05, 0.1) is 5.54 Å². The average Bonchev–Trinajstić information content (AvgIpc) is 2.49. The Hall–Kier alpha value is -1.02. The number of anilines is 1. The van der Waals surface area contributed by atoms with E-state index in [1.54, 1.807) is 0 Å². The second kappa shape index (κ2) is 6.17. The molecule has 1 aliphatic carbocycles. The second-order valence-corrected chi connectivity index (χ2v) is 6.67. The molecule has 2 rings (SSSR count). The lowest BCUT2D eigenvalue weighted by Gasteiger charge is -2.51. The van der Waals surface area contributed by atoms with Crippen molar-refractivity contribution >= 4 is 5.69 Å². The maximum atomic E-state index is 6.24. The van der Waals surface area contributed by atoms with E-state index in [2.05, 4.69) is 57.0 Å². The third kappa shape index (κ3) is 2.71. The van der Waals surface area contributed by atoms with Gasteiger partial charge in [-0.1, -0.05) is 39.3 Å². The fraction of sp³-hybridized carbons (Fsp3) is 0.667. The van der Waals surface area contributed by atoms with Gasteiger partial charge in [0.25, 0.3) is 0 Å². The van der Waals surface area contributed by atoms with Crippen molar-refractivity contribution in [2.45, 2.75) is 52.0 Å². The van der Waals surface area contributed by atoms with Gasteiger partial charge in [0, 0.05) is 19.3 Å². The van der Waals surface area contributed by atoms with Gasteiger partial charge in [0.1, 0.15) is 0 Å². The van der Waals surface area contributed by atoms with Gasteiger partial charge in [0.15, 0.2) is 0 Å². The van der Waals surface area contributed by atoms with Crippen LogP contribution in [0, 0.1) is 11.8 Å². The Morgan fingerprint density at radius 3 is 2.40 bits per heavy atom. The van der Waals surface area contributed by atoms with Crippen LogP contribution in [0.2, 0.25) is 0 Å². The molecule has 0 aliphatic heterocycles. The molecule has 0 spiro atoms. The number of hydrogen-bond donors (Lipinski definition) is 1. The van der Waals surface area contributed by atoms with Crippen LogP contribution in [-0.4, -0.2) is 19.1 Å². The van der Waals surface area contributed by atoms with Gasteiger partial charge in [-0.15, -0.1) is 0 Å². The normalized spacial score (nSPS) is 30.2. The van der Waals surface area contributed by atoms with Gasteiger partial charge >= 0.3 is 0 Å². The van der Waals surface area contributed by atoms with Gasteiger partial charge in [-0.2, -0.15) is 0 Å². The molecule has 20 heavy (non-hydrogen) atoms. The summed E-state index contributed by atoms with van der Waals surface area (Å²) in [6.07, 6.45) is 4.93. The summed E-state index contributed by atoms with van der Waals surface area (Å²) < 4.78 is 0. The fourth-order valence-electron chi connectivity index (χ4n) is 3.81. The van der Waals surface area contributed by atoms with Gasteiger partial charge in [0.2, 0.25) is 0 Å². The van der Waals surface area contributed by atoms with Crippen molar-refractivity contribution in [2.75, 3.05) is 18.5 Å². The molecule has 1 fully saturated rings. The maximum absolute atomic E-state index is 6.24. The second-order valence-electron chi connectivity index (χ2n) is 6.67. The number of rotatable bonds is 4. The fourth-order valence-corrected chi connectivity index (χ4v) is 3.81. The van der Waals surface area contributed by atoms with E-state index in [4.69, 9.17) is 5.73 Å². The van der Waals surface area contributed by atoms with Crippen LogP contribution in [-0.2, 0) is 6.42 Å². The molecule has 2 N–H and O–H groups in total. The van der Waals surface area contributed by atoms with Crippen molar-refractivity contribution in [1.29, 1.82) is 0 Å². The van der Waals surface area contributed by atoms with Gasteiger partial charge in [-0.25, -0.2) is 0 Å². The first-order valence-corrected chi connectivity index (χ1v) is 8.06. The minimum Gasteiger partial charge on any atom is -0.367 e. The van der Waals surface area contributed by atoms with E-state index in [1.165, 1.54) is 30.5 Å². The highest BCUT2D eigenvalue weighted by Gasteiger charge is 2.42. The number of likely N-dealkylation sites (N-methyl/N-ethyl adjacent to an activating group) is 1. The summed E-state index contributed by atoms with van der Waals surface area (Å²) >= 11 is 0. The predicted molar refractivity (Wildman–Crippen MR) is 88.2 cm³/mol. The topological polar surface area (TPSA) is 29.3 Å². The monoisotopic (exact) mass is 274 g/mol. The Morgan fingerprint density at radius 1 is 1.20 bits per heavy atom. The quantitative estimate of drug-likeness (QED) is 0.904. The SMILES string of the molecule is CCc1ccc(N(C)C2(CN)CC(C)CCC2C)cc1. The standard InChI is InChI=1S/C18H30N2/c1-5-16-8-10-17(11-9-16)20(4)18(13-19)12-14(2)6-7-15(18)3/h8-11,14-15H,5-7,12-13,19H2,1-4H3. The van der Waals surface area contributed by atoms with Crippen LogP contribution in [0.15, 0.2) is 24.3 Å². The summed E-state index contributed by atoms with van der Waals surface area (Å²) in [6, 6.07) is 8.99. The van der Waals surface area contributed by atoms with E-state index in [0.29, 0.717) is 5.92 Å². The zero-order chi connectivity index (χ0) is 14.8. The molecule has 2 nitrogen and oxygen atoms in total. The zero-order valence-corrected chi connectivity index (χ0v) is 13.5. The Balaban J connectivity index is 2.28. The van der Waals surface area contributed by atoms with Gasteiger partial charge < -0.3 is 10.6 Å². The number of hydrogen-bond acceptors (Lipinski definition) is 2. The molecule has 1 aromatic rings. The van der Waals surface area contributed by atoms with Crippen molar-refractivity contribution in [3.63, 3.8) is 0 Å². The van der Waals surface area contributed by atoms with E-state index in [9.17, 15) is 0 Å². The van der Waals surface area contributed by atoms with Crippen LogP contribution in [0.4, 0.5) is 5.69 Å². The van der Waals surface area contributed by atoms with Crippen molar-refractivity contribution in [3.8, 4) is 0 Å². The first-order chi connectivity index (χ1) is 9.53.